The number of carboxylic acids is 1. The monoisotopic (exact) mass is 416 g/mol. The molecule has 0 heterocycles. The van der Waals surface area contributed by atoms with Crippen LogP contribution in [-0.4, -0.2) is 49.2 Å². The Morgan fingerprint density at radius 2 is 1.43 bits per heavy atom. The van der Waals surface area contributed by atoms with Gasteiger partial charge in [-0.2, -0.15) is 5.10 Å². The second kappa shape index (κ2) is 10.2. The van der Waals surface area contributed by atoms with Crippen LogP contribution in [0.5, 0.6) is 11.5 Å². The summed E-state index contributed by atoms with van der Waals surface area (Å²) in [6, 6.07) is 11.4. The van der Waals surface area contributed by atoms with Crippen molar-refractivity contribution in [3.63, 3.8) is 0 Å². The summed E-state index contributed by atoms with van der Waals surface area (Å²) >= 11 is 0. The largest absolute Gasteiger partial charge is 0.513 e. The summed E-state index contributed by atoms with van der Waals surface area (Å²) in [5.41, 5.74) is 1.92. The molecular weight excluding hydrogens is 400 g/mol. The first-order chi connectivity index (χ1) is 14.3. The van der Waals surface area contributed by atoms with Crippen LogP contribution in [0.1, 0.15) is 15.9 Å². The summed E-state index contributed by atoms with van der Waals surface area (Å²) in [4.78, 5) is 46.5. The van der Waals surface area contributed by atoms with Crippen LogP contribution in [0.3, 0.4) is 0 Å². The van der Waals surface area contributed by atoms with E-state index in [1.54, 1.807) is 18.2 Å². The zero-order valence-corrected chi connectivity index (χ0v) is 15.8. The minimum Gasteiger partial charge on any atom is -0.476 e. The molecule has 0 fully saturated rings. The van der Waals surface area contributed by atoms with E-state index in [1.807, 2.05) is 0 Å². The van der Waals surface area contributed by atoms with Crippen molar-refractivity contribution in [2.24, 2.45) is 5.10 Å². The number of amides is 1. The Morgan fingerprint density at radius 3 is 2.00 bits per heavy atom. The van der Waals surface area contributed by atoms with Crippen molar-refractivity contribution in [2.45, 2.75) is 0 Å². The summed E-state index contributed by atoms with van der Waals surface area (Å²) in [7, 11) is 2.14. The van der Waals surface area contributed by atoms with Gasteiger partial charge in [0.05, 0.1) is 14.2 Å². The third kappa shape index (κ3) is 5.79. The lowest BCUT2D eigenvalue weighted by atomic mass is 10.1. The van der Waals surface area contributed by atoms with Gasteiger partial charge in [-0.3, -0.25) is 4.79 Å². The highest BCUT2D eigenvalue weighted by atomic mass is 16.7. The first-order valence-corrected chi connectivity index (χ1v) is 8.18. The zero-order chi connectivity index (χ0) is 22.1. The number of hydrazone groups is 1. The van der Waals surface area contributed by atoms with E-state index in [4.69, 9.17) is 9.47 Å². The Bertz CT molecular complexity index is 987. The fraction of sp³-hybridized carbons (Fsp3) is 0.105. The molecule has 0 unspecified atom stereocenters. The van der Waals surface area contributed by atoms with Crippen molar-refractivity contribution in [3.8, 4) is 11.5 Å². The van der Waals surface area contributed by atoms with Crippen LogP contribution in [0.4, 0.5) is 9.59 Å². The predicted molar refractivity (Wildman–Crippen MR) is 101 cm³/mol. The van der Waals surface area contributed by atoms with E-state index in [0.717, 1.165) is 20.3 Å². The SMILES string of the molecule is COC(=O)Oc1ccc(C(=O)N/N=C(/C(=O)O)c2ccccc2)cc1OC(=O)OC. The molecule has 0 saturated heterocycles. The highest BCUT2D eigenvalue weighted by Gasteiger charge is 2.18. The number of carboxylic acid groups (broad SMARTS) is 1. The normalized spacial score (nSPS) is 10.5. The van der Waals surface area contributed by atoms with Crippen LogP contribution < -0.4 is 14.9 Å². The van der Waals surface area contributed by atoms with Gasteiger partial charge in [-0.15, -0.1) is 0 Å². The van der Waals surface area contributed by atoms with E-state index < -0.39 is 24.2 Å². The summed E-state index contributed by atoms with van der Waals surface area (Å²) in [5.74, 6) is -2.70. The lowest BCUT2D eigenvalue weighted by molar-refractivity contribution is -0.129. The maximum Gasteiger partial charge on any atom is 0.513 e. The van der Waals surface area contributed by atoms with Gasteiger partial charge >= 0.3 is 18.3 Å². The molecule has 2 N–H and O–H groups in total. The van der Waals surface area contributed by atoms with Crippen molar-refractivity contribution < 1.29 is 43.2 Å². The lowest BCUT2D eigenvalue weighted by Gasteiger charge is -2.10. The molecule has 0 aliphatic rings. The number of benzene rings is 2. The van der Waals surface area contributed by atoms with Crippen molar-refractivity contribution in [3.05, 3.63) is 59.7 Å². The van der Waals surface area contributed by atoms with Crippen LogP contribution >= 0.6 is 0 Å². The van der Waals surface area contributed by atoms with Crippen molar-refractivity contribution in [1.29, 1.82) is 0 Å². The quantitative estimate of drug-likeness (QED) is 0.313. The topological polar surface area (TPSA) is 150 Å². The van der Waals surface area contributed by atoms with E-state index in [2.05, 4.69) is 20.0 Å². The van der Waals surface area contributed by atoms with Gasteiger partial charge in [0.15, 0.2) is 17.2 Å². The van der Waals surface area contributed by atoms with Crippen LogP contribution in [-0.2, 0) is 14.3 Å². The third-order valence-corrected chi connectivity index (χ3v) is 3.44. The fourth-order valence-corrected chi connectivity index (χ4v) is 2.08. The van der Waals surface area contributed by atoms with Gasteiger partial charge in [0, 0.05) is 11.1 Å². The molecule has 0 aliphatic carbocycles. The van der Waals surface area contributed by atoms with Crippen LogP contribution in [0.2, 0.25) is 0 Å². The summed E-state index contributed by atoms with van der Waals surface area (Å²) in [5, 5.41) is 13.0. The highest BCUT2D eigenvalue weighted by Crippen LogP contribution is 2.29. The van der Waals surface area contributed by atoms with Crippen molar-refractivity contribution in [2.75, 3.05) is 14.2 Å². The Kier molecular flexibility index (Phi) is 7.46. The minimum absolute atomic E-state index is 0.0762. The van der Waals surface area contributed by atoms with Crippen LogP contribution in [0.15, 0.2) is 53.6 Å². The second-order valence-electron chi connectivity index (χ2n) is 5.35. The van der Waals surface area contributed by atoms with Crippen molar-refractivity contribution >= 4 is 29.9 Å². The maximum atomic E-state index is 12.4. The molecule has 2 aromatic carbocycles. The van der Waals surface area contributed by atoms with Gasteiger partial charge in [0.25, 0.3) is 5.91 Å². The molecule has 156 valence electrons. The summed E-state index contributed by atoms with van der Waals surface area (Å²) in [6.07, 6.45) is -2.21. The van der Waals surface area contributed by atoms with Gasteiger partial charge in [-0.1, -0.05) is 30.3 Å². The molecule has 2 rings (SSSR count). The van der Waals surface area contributed by atoms with Gasteiger partial charge in [0.2, 0.25) is 0 Å². The molecule has 30 heavy (non-hydrogen) atoms. The number of hydrogen-bond acceptors (Lipinski definition) is 9. The predicted octanol–water partition coefficient (Wildman–Crippen LogP) is 2.20. The molecule has 2 aromatic rings. The minimum atomic E-state index is -1.35. The van der Waals surface area contributed by atoms with Crippen LogP contribution in [0.25, 0.3) is 0 Å². The Morgan fingerprint density at radius 1 is 0.833 bits per heavy atom. The molecular formula is C19H16N2O9. The van der Waals surface area contributed by atoms with E-state index in [-0.39, 0.29) is 28.3 Å². The Hall–Kier alpha value is -4.41. The highest BCUT2D eigenvalue weighted by molar-refractivity contribution is 6.42. The van der Waals surface area contributed by atoms with Gasteiger partial charge in [-0.05, 0) is 18.2 Å². The average Bonchev–Trinajstić information content (AvgIpc) is 2.75. The molecule has 11 heteroatoms. The number of hydrogen-bond donors (Lipinski definition) is 2. The first kappa shape index (κ1) is 21.9. The number of rotatable bonds is 6. The maximum absolute atomic E-state index is 12.4. The number of carbonyl (C=O) groups excluding carboxylic acids is 3. The Balaban J connectivity index is 2.29. The van der Waals surface area contributed by atoms with E-state index >= 15 is 0 Å². The molecule has 0 saturated carbocycles. The van der Waals surface area contributed by atoms with Gasteiger partial charge < -0.3 is 24.1 Å². The molecule has 0 atom stereocenters. The molecule has 1 amide bonds. The second-order valence-corrected chi connectivity index (χ2v) is 5.35. The number of nitrogens with one attached hydrogen (secondary N) is 1. The van der Waals surface area contributed by atoms with E-state index in [1.165, 1.54) is 24.3 Å². The van der Waals surface area contributed by atoms with Gasteiger partial charge in [-0.25, -0.2) is 19.8 Å². The smallest absolute Gasteiger partial charge is 0.476 e. The number of nitrogens with zero attached hydrogens (tertiary/aromatic N) is 1. The zero-order valence-electron chi connectivity index (χ0n) is 15.8. The fourth-order valence-electron chi connectivity index (χ4n) is 2.08. The Labute approximate surface area is 169 Å². The van der Waals surface area contributed by atoms with E-state index in [0.29, 0.717) is 0 Å². The number of methoxy groups -OCH3 is 2. The third-order valence-electron chi connectivity index (χ3n) is 3.44. The summed E-state index contributed by atoms with van der Waals surface area (Å²) < 4.78 is 18.4. The van der Waals surface area contributed by atoms with E-state index in [9.17, 15) is 24.3 Å². The number of carbonyl (C=O) groups is 4. The first-order valence-electron chi connectivity index (χ1n) is 8.18. The molecule has 0 bridgehead atoms. The molecule has 0 spiro atoms. The van der Waals surface area contributed by atoms with Crippen molar-refractivity contribution in [1.82, 2.24) is 5.43 Å². The number of ether oxygens (including phenoxy) is 4. The van der Waals surface area contributed by atoms with Crippen LogP contribution in [0, 0.1) is 0 Å². The average molecular weight is 416 g/mol. The molecule has 0 radical (unpaired) electrons. The molecule has 0 aliphatic heterocycles. The molecule has 0 aromatic heterocycles. The molecule has 11 nitrogen and oxygen atoms in total. The van der Waals surface area contributed by atoms with Gasteiger partial charge in [0.1, 0.15) is 0 Å². The standard InChI is InChI=1S/C19H16N2O9/c1-27-18(25)29-13-9-8-12(10-14(13)30-19(26)28-2)16(22)21-20-15(17(23)24)11-6-4-3-5-7-11/h3-10H,1-2H3,(H,21,22)(H,23,24)/b20-15+. The summed E-state index contributed by atoms with van der Waals surface area (Å²) in [6.45, 7) is 0. The number of aliphatic carboxylic acids is 1. The lowest BCUT2D eigenvalue weighted by Crippen LogP contribution is -2.24.